The van der Waals surface area contributed by atoms with E-state index in [2.05, 4.69) is 5.32 Å². The Labute approximate surface area is 334 Å². The van der Waals surface area contributed by atoms with Gasteiger partial charge in [-0.05, 0) is 36.8 Å². The minimum Gasteiger partial charge on any atom is -0.460 e. The number of ether oxygens (including phenoxy) is 4. The molecule has 3 unspecified atom stereocenters. The smallest absolute Gasteiger partial charge is 0.374 e. The highest BCUT2D eigenvalue weighted by atomic mass is 16.6. The Morgan fingerprint density at radius 3 is 2.17 bits per heavy atom. The van der Waals surface area contributed by atoms with Crippen molar-refractivity contribution in [1.29, 1.82) is 0 Å². The maximum Gasteiger partial charge on any atom is 0.374 e. The first-order valence-corrected chi connectivity index (χ1v) is 19.2. The van der Waals surface area contributed by atoms with Crippen molar-refractivity contribution >= 4 is 35.4 Å². The van der Waals surface area contributed by atoms with Crippen LogP contribution < -0.4 is 5.32 Å². The number of aliphatic hydroxyl groups excluding tert-OH is 2. The normalized spacial score (nSPS) is 34.7. The van der Waals surface area contributed by atoms with Crippen LogP contribution in [0.1, 0.15) is 80.0 Å². The fourth-order valence-corrected chi connectivity index (χ4v) is 10.1. The SMILES string of the molecule is CC(=O)O[C@@]12CO[C@@H]1C[C@H](O)[C@@]1(C)C(=O)C(=O)C3C(C)[C@@H](OC(=O)[C@H](O)[C@@H](NC(=O)c4ccccc4)c4ccccc4)C[C@@](O)([C@@H](OC(=O)c4ccco4)C12)C3(C)C. The monoisotopic (exact) mass is 801 g/mol. The predicted molar refractivity (Wildman–Crippen MR) is 199 cm³/mol. The molecule has 3 aromatic rings. The highest BCUT2D eigenvalue weighted by Crippen LogP contribution is 2.64. The van der Waals surface area contributed by atoms with Crippen LogP contribution in [-0.2, 0) is 38.1 Å². The Bertz CT molecular complexity index is 2090. The van der Waals surface area contributed by atoms with E-state index in [1.807, 2.05) is 0 Å². The number of fused-ring (bicyclic) bond motifs is 5. The second-order valence-corrected chi connectivity index (χ2v) is 16.7. The number of carbonyl (C=O) groups is 6. The highest BCUT2D eigenvalue weighted by Gasteiger charge is 2.79. The molecule has 4 fully saturated rings. The number of amides is 1. The molecule has 1 aliphatic heterocycles. The molecule has 58 heavy (non-hydrogen) atoms. The fraction of sp³-hybridized carbons (Fsp3) is 0.488. The van der Waals surface area contributed by atoms with E-state index >= 15 is 0 Å². The molecule has 15 nitrogen and oxygen atoms in total. The van der Waals surface area contributed by atoms with Crippen molar-refractivity contribution < 1.29 is 67.5 Å². The molecule has 1 aromatic heterocycles. The van der Waals surface area contributed by atoms with E-state index in [1.54, 1.807) is 67.6 Å². The fourth-order valence-electron chi connectivity index (χ4n) is 10.1. The van der Waals surface area contributed by atoms with Crippen molar-refractivity contribution in [2.45, 2.75) is 95.2 Å². The summed E-state index contributed by atoms with van der Waals surface area (Å²) in [5.41, 5.74) is -7.25. The maximum absolute atomic E-state index is 14.9. The van der Waals surface area contributed by atoms with E-state index in [0.717, 1.165) is 6.92 Å². The zero-order chi connectivity index (χ0) is 41.9. The molecule has 4 N–H and O–H groups in total. The number of nitrogens with one attached hydrogen (secondary N) is 1. The number of furan rings is 1. The molecular formula is C43H47NO14. The van der Waals surface area contributed by atoms with E-state index in [1.165, 1.54) is 39.2 Å². The lowest BCUT2D eigenvalue weighted by atomic mass is 9.42. The Balaban J connectivity index is 1.32. The number of esters is 3. The van der Waals surface area contributed by atoms with E-state index in [9.17, 15) is 44.1 Å². The van der Waals surface area contributed by atoms with E-state index in [4.69, 9.17) is 23.4 Å². The van der Waals surface area contributed by atoms with Gasteiger partial charge in [0.05, 0.1) is 36.3 Å². The van der Waals surface area contributed by atoms with Crippen molar-refractivity contribution in [3.63, 3.8) is 0 Å². The minimum atomic E-state index is -2.38. The number of hydrogen-bond acceptors (Lipinski definition) is 14. The molecule has 2 bridgehead atoms. The Morgan fingerprint density at radius 1 is 0.931 bits per heavy atom. The van der Waals surface area contributed by atoms with Gasteiger partial charge in [-0.3, -0.25) is 19.2 Å². The van der Waals surface area contributed by atoms with Crippen molar-refractivity contribution in [2.24, 2.45) is 28.6 Å². The van der Waals surface area contributed by atoms with Gasteiger partial charge in [-0.15, -0.1) is 0 Å². The summed E-state index contributed by atoms with van der Waals surface area (Å²) in [5.74, 6) is -10.0. The van der Waals surface area contributed by atoms with Gasteiger partial charge < -0.3 is 44.0 Å². The topological polar surface area (TPSA) is 225 Å². The number of hydrogen-bond donors (Lipinski definition) is 4. The van der Waals surface area contributed by atoms with Gasteiger partial charge in [-0.25, -0.2) is 9.59 Å². The van der Waals surface area contributed by atoms with Gasteiger partial charge in [0.15, 0.2) is 11.7 Å². The summed E-state index contributed by atoms with van der Waals surface area (Å²) in [6, 6.07) is 17.8. The van der Waals surface area contributed by atoms with Crippen molar-refractivity contribution in [3.05, 3.63) is 95.9 Å². The molecule has 1 amide bonds. The Hall–Kier alpha value is -5.22. The lowest BCUT2D eigenvalue weighted by Gasteiger charge is -2.67. The zero-order valence-corrected chi connectivity index (χ0v) is 32.7. The van der Waals surface area contributed by atoms with Crippen molar-refractivity contribution in [2.75, 3.05) is 6.61 Å². The lowest BCUT2D eigenvalue weighted by molar-refractivity contribution is -0.350. The quantitative estimate of drug-likeness (QED) is 0.139. The number of benzene rings is 2. The van der Waals surface area contributed by atoms with Crippen molar-refractivity contribution in [3.8, 4) is 0 Å². The molecule has 15 heteroatoms. The summed E-state index contributed by atoms with van der Waals surface area (Å²) in [7, 11) is 0. The first-order chi connectivity index (χ1) is 27.4. The molecule has 308 valence electrons. The standard InChI is InChI=1S/C43H47NO14/c1-22-27(56-39(52)33(48)31(24-13-8-6-9-14-24)44-37(50)25-15-10-7-11-16-25)20-43(53)36(57-38(51)26-17-12-18-54-26)34-41(5,35(49)32(47)30(22)40(43,3)4)28(46)19-29-42(34,21-55-29)58-23(2)45/h6-18,22,27-31,33-34,36,46,48,53H,19-21H2,1-5H3,(H,44,50)/t22?,27-,28-,29+,30?,31-,33+,34?,36-,41+,42-,43+/m0/s1. The van der Waals surface area contributed by atoms with Crippen LogP contribution in [0.2, 0.25) is 0 Å². The van der Waals surface area contributed by atoms with Gasteiger partial charge in [0.25, 0.3) is 5.91 Å². The Kier molecular flexibility index (Phi) is 10.5. The van der Waals surface area contributed by atoms with Gasteiger partial charge in [-0.2, -0.15) is 0 Å². The zero-order valence-electron chi connectivity index (χ0n) is 32.7. The minimum absolute atomic E-state index is 0.221. The highest BCUT2D eigenvalue weighted by molar-refractivity contribution is 6.40. The van der Waals surface area contributed by atoms with Crippen LogP contribution in [0.25, 0.3) is 0 Å². The molecule has 0 radical (unpaired) electrons. The summed E-state index contributed by atoms with van der Waals surface area (Å²) in [5, 5.41) is 39.5. The molecule has 0 spiro atoms. The van der Waals surface area contributed by atoms with Gasteiger partial charge in [-0.1, -0.05) is 69.3 Å². The van der Waals surface area contributed by atoms with E-state index in [-0.39, 0.29) is 24.4 Å². The van der Waals surface area contributed by atoms with Gasteiger partial charge >= 0.3 is 17.9 Å². The van der Waals surface area contributed by atoms with Crippen LogP contribution in [0.15, 0.2) is 83.5 Å². The molecule has 2 heterocycles. The third-order valence-electron chi connectivity index (χ3n) is 13.2. The molecule has 3 aliphatic carbocycles. The maximum atomic E-state index is 14.9. The van der Waals surface area contributed by atoms with Crippen LogP contribution in [0.4, 0.5) is 0 Å². The number of rotatable bonds is 9. The molecule has 4 aliphatic rings. The molecule has 7 rings (SSSR count). The molecule has 3 saturated carbocycles. The third-order valence-corrected chi connectivity index (χ3v) is 13.2. The van der Waals surface area contributed by atoms with E-state index < -0.39 is 118 Å². The second kappa shape index (κ2) is 14.9. The van der Waals surface area contributed by atoms with Crippen LogP contribution in [0.5, 0.6) is 0 Å². The Morgan fingerprint density at radius 2 is 1.59 bits per heavy atom. The average molecular weight is 802 g/mol. The third kappa shape index (κ3) is 6.35. The van der Waals surface area contributed by atoms with Crippen LogP contribution in [0, 0.1) is 28.6 Å². The lowest BCUT2D eigenvalue weighted by Crippen LogP contribution is -2.82. The summed E-state index contributed by atoms with van der Waals surface area (Å²) in [4.78, 5) is 83.8. The summed E-state index contributed by atoms with van der Waals surface area (Å²) >= 11 is 0. The predicted octanol–water partition coefficient (Wildman–Crippen LogP) is 2.90. The van der Waals surface area contributed by atoms with Gasteiger partial charge in [0.2, 0.25) is 17.3 Å². The molecular weight excluding hydrogens is 754 g/mol. The van der Waals surface area contributed by atoms with Crippen molar-refractivity contribution in [1.82, 2.24) is 5.32 Å². The molecule has 2 aromatic carbocycles. The summed E-state index contributed by atoms with van der Waals surface area (Å²) in [6.07, 6.45) is -7.39. The number of carbonyl (C=O) groups excluding carboxylic acids is 6. The first kappa shape index (κ1) is 41.0. The first-order valence-electron chi connectivity index (χ1n) is 19.2. The summed E-state index contributed by atoms with van der Waals surface area (Å²) < 4.78 is 29.3. The van der Waals surface area contributed by atoms with Crippen LogP contribution in [-0.4, -0.2) is 99.0 Å². The van der Waals surface area contributed by atoms with Gasteiger partial charge in [0, 0.05) is 42.6 Å². The second-order valence-electron chi connectivity index (χ2n) is 16.7. The number of Topliss-reactive ketones (excluding diaryl/α,β-unsaturated/α-hetero) is 2. The van der Waals surface area contributed by atoms with E-state index in [0.29, 0.717) is 5.56 Å². The molecule has 12 atom stereocenters. The number of ketones is 2. The average Bonchev–Trinajstić information content (AvgIpc) is 3.74. The summed E-state index contributed by atoms with van der Waals surface area (Å²) in [6.45, 7) is 6.76. The number of aliphatic hydroxyl groups is 3. The van der Waals surface area contributed by atoms with Gasteiger partial charge in [0.1, 0.15) is 23.9 Å². The molecule has 1 saturated heterocycles. The van der Waals surface area contributed by atoms with Crippen LogP contribution in [0.3, 0.4) is 0 Å². The largest absolute Gasteiger partial charge is 0.460 e. The van der Waals surface area contributed by atoms with Crippen LogP contribution >= 0.6 is 0 Å².